The summed E-state index contributed by atoms with van der Waals surface area (Å²) >= 11 is 1.24. The summed E-state index contributed by atoms with van der Waals surface area (Å²) in [5, 5.41) is 0.0606. The average Bonchev–Trinajstić information content (AvgIpc) is 2.67. The predicted octanol–water partition coefficient (Wildman–Crippen LogP) is 6.01. The third-order valence-electron chi connectivity index (χ3n) is 4.65. The molecule has 2 aromatic rings. The van der Waals surface area contributed by atoms with Gasteiger partial charge < -0.3 is 9.64 Å². The lowest BCUT2D eigenvalue weighted by molar-refractivity contribution is 0.265. The van der Waals surface area contributed by atoms with Crippen molar-refractivity contribution in [3.05, 3.63) is 58.7 Å². The van der Waals surface area contributed by atoms with Crippen LogP contribution in [0.15, 0.2) is 36.4 Å². The van der Waals surface area contributed by atoms with Gasteiger partial charge in [0.1, 0.15) is 12.4 Å². The minimum absolute atomic E-state index is 0.0606. The van der Waals surface area contributed by atoms with E-state index in [9.17, 15) is 4.79 Å². The molecule has 0 N–H and O–H groups in total. The minimum Gasteiger partial charge on any atom is -0.489 e. The summed E-state index contributed by atoms with van der Waals surface area (Å²) in [6.07, 6.45) is 3.75. The van der Waals surface area contributed by atoms with Crippen LogP contribution in [0, 0.1) is 6.92 Å². The van der Waals surface area contributed by atoms with Crippen molar-refractivity contribution in [2.75, 3.05) is 17.7 Å². The first-order chi connectivity index (χ1) is 12.5. The number of hydrogen-bond acceptors (Lipinski definition) is 3. The summed E-state index contributed by atoms with van der Waals surface area (Å²) in [5.74, 6) is 0.901. The van der Waals surface area contributed by atoms with Gasteiger partial charge in [0.15, 0.2) is 0 Å². The molecule has 1 amide bonds. The summed E-state index contributed by atoms with van der Waals surface area (Å²) in [5.41, 5.74) is 5.73. The molecule has 0 fully saturated rings. The lowest BCUT2D eigenvalue weighted by atomic mass is 10.0. The zero-order valence-electron chi connectivity index (χ0n) is 16.5. The number of thioether (sulfide) groups is 1. The number of carbonyl (C=O) groups excluding carboxylic acids is 1. The van der Waals surface area contributed by atoms with Crippen molar-refractivity contribution in [1.82, 2.24) is 0 Å². The molecular formula is C22H29NO2S. The van der Waals surface area contributed by atoms with Crippen molar-refractivity contribution < 1.29 is 9.53 Å². The fourth-order valence-corrected chi connectivity index (χ4v) is 3.57. The molecule has 0 aliphatic heterocycles. The maximum absolute atomic E-state index is 12.3. The molecule has 3 nitrogen and oxygen atoms in total. The molecule has 0 unspecified atom stereocenters. The highest BCUT2D eigenvalue weighted by molar-refractivity contribution is 8.13. The van der Waals surface area contributed by atoms with Crippen LogP contribution >= 0.6 is 11.8 Å². The Morgan fingerprint density at radius 3 is 2.46 bits per heavy atom. The maximum atomic E-state index is 12.3. The van der Waals surface area contributed by atoms with Gasteiger partial charge in [-0.3, -0.25) is 4.79 Å². The fraction of sp³-hybridized carbons (Fsp3) is 0.409. The first-order valence-corrected chi connectivity index (χ1v) is 10.5. The molecule has 0 aliphatic rings. The predicted molar refractivity (Wildman–Crippen MR) is 113 cm³/mol. The van der Waals surface area contributed by atoms with E-state index in [0.29, 0.717) is 13.2 Å². The quantitative estimate of drug-likeness (QED) is 0.597. The molecular weight excluding hydrogens is 342 g/mol. The van der Waals surface area contributed by atoms with Crippen LogP contribution < -0.4 is 9.64 Å². The van der Waals surface area contributed by atoms with Crippen LogP contribution in [0.1, 0.15) is 43.0 Å². The molecule has 0 radical (unpaired) electrons. The summed E-state index contributed by atoms with van der Waals surface area (Å²) in [4.78, 5) is 14.2. The summed E-state index contributed by atoms with van der Waals surface area (Å²) in [6, 6.07) is 12.5. The van der Waals surface area contributed by atoms with Gasteiger partial charge in [-0.05, 0) is 61.8 Å². The molecule has 4 heteroatoms. The normalized spacial score (nSPS) is 10.7. The SMILES string of the molecule is CCc1ccc(OCc2c(CC)cccc2N(CC)C(=O)SC)c(C)c1. The number of carbonyl (C=O) groups is 1. The molecule has 2 rings (SSSR count). The molecule has 0 heterocycles. The second-order valence-electron chi connectivity index (χ2n) is 6.22. The number of anilines is 1. The maximum Gasteiger partial charge on any atom is 0.285 e. The van der Waals surface area contributed by atoms with E-state index in [4.69, 9.17) is 4.74 Å². The van der Waals surface area contributed by atoms with Gasteiger partial charge in [-0.15, -0.1) is 0 Å². The number of benzene rings is 2. The van der Waals surface area contributed by atoms with Gasteiger partial charge in [0.05, 0.1) is 5.69 Å². The fourth-order valence-electron chi connectivity index (χ4n) is 3.12. The Kier molecular flexibility index (Phi) is 7.58. The van der Waals surface area contributed by atoms with Crippen LogP contribution in [-0.2, 0) is 19.4 Å². The third kappa shape index (κ3) is 4.61. The molecule has 0 spiro atoms. The van der Waals surface area contributed by atoms with E-state index >= 15 is 0 Å². The summed E-state index contributed by atoms with van der Waals surface area (Å²) < 4.78 is 6.17. The van der Waals surface area contributed by atoms with E-state index in [0.717, 1.165) is 35.4 Å². The lowest BCUT2D eigenvalue weighted by Gasteiger charge is -2.25. The Hall–Kier alpha value is -1.94. The van der Waals surface area contributed by atoms with Gasteiger partial charge in [-0.25, -0.2) is 0 Å². The molecule has 0 saturated heterocycles. The molecule has 0 bridgehead atoms. The van der Waals surface area contributed by atoms with Crippen LogP contribution in [-0.4, -0.2) is 18.0 Å². The van der Waals surface area contributed by atoms with Crippen molar-refractivity contribution in [3.63, 3.8) is 0 Å². The molecule has 0 aliphatic carbocycles. The van der Waals surface area contributed by atoms with E-state index in [1.165, 1.54) is 22.9 Å². The van der Waals surface area contributed by atoms with Gasteiger partial charge in [0.25, 0.3) is 5.24 Å². The Morgan fingerprint density at radius 1 is 1.12 bits per heavy atom. The largest absolute Gasteiger partial charge is 0.489 e. The summed E-state index contributed by atoms with van der Waals surface area (Å²) in [7, 11) is 0. The molecule has 0 saturated carbocycles. The highest BCUT2D eigenvalue weighted by Gasteiger charge is 2.18. The van der Waals surface area contributed by atoms with Gasteiger partial charge in [0.2, 0.25) is 0 Å². The second kappa shape index (κ2) is 9.67. The van der Waals surface area contributed by atoms with Crippen LogP contribution in [0.2, 0.25) is 0 Å². The molecule has 0 aromatic heterocycles. The summed E-state index contributed by atoms with van der Waals surface area (Å²) in [6.45, 7) is 9.48. The molecule has 26 heavy (non-hydrogen) atoms. The smallest absolute Gasteiger partial charge is 0.285 e. The number of nitrogens with zero attached hydrogens (tertiary/aromatic N) is 1. The topological polar surface area (TPSA) is 29.5 Å². The van der Waals surface area contributed by atoms with Crippen LogP contribution in [0.5, 0.6) is 5.75 Å². The van der Waals surface area contributed by atoms with Gasteiger partial charge >= 0.3 is 0 Å². The van der Waals surface area contributed by atoms with Crippen molar-refractivity contribution in [2.45, 2.75) is 47.1 Å². The zero-order chi connectivity index (χ0) is 19.1. The third-order valence-corrected chi connectivity index (χ3v) is 5.22. The van der Waals surface area contributed by atoms with E-state index in [2.05, 4.69) is 39.0 Å². The van der Waals surface area contributed by atoms with Gasteiger partial charge in [0, 0.05) is 12.1 Å². The Bertz CT molecular complexity index is 758. The number of hydrogen-bond donors (Lipinski definition) is 0. The van der Waals surface area contributed by atoms with Crippen molar-refractivity contribution in [2.24, 2.45) is 0 Å². The number of aryl methyl sites for hydroxylation is 3. The number of amides is 1. The van der Waals surface area contributed by atoms with Crippen LogP contribution in [0.25, 0.3) is 0 Å². The van der Waals surface area contributed by atoms with Gasteiger partial charge in [-0.1, -0.05) is 49.9 Å². The van der Waals surface area contributed by atoms with Gasteiger partial charge in [-0.2, -0.15) is 0 Å². The standard InChI is InChI=1S/C22H29NO2S/c1-6-17-12-13-21(16(4)14-17)25-15-19-18(7-2)10-9-11-20(19)23(8-3)22(24)26-5/h9-14H,6-8,15H2,1-5H3. The van der Waals surface area contributed by atoms with Crippen molar-refractivity contribution in [1.29, 1.82) is 0 Å². The Balaban J connectivity index is 2.34. The molecule has 140 valence electrons. The minimum atomic E-state index is 0.0606. The zero-order valence-corrected chi connectivity index (χ0v) is 17.3. The van der Waals surface area contributed by atoms with E-state index < -0.39 is 0 Å². The molecule has 2 aromatic carbocycles. The first kappa shape index (κ1) is 20.4. The monoisotopic (exact) mass is 371 g/mol. The molecule has 0 atom stereocenters. The van der Waals surface area contributed by atoms with E-state index in [1.54, 1.807) is 0 Å². The van der Waals surface area contributed by atoms with Crippen LogP contribution in [0.3, 0.4) is 0 Å². The Labute approximate surface area is 161 Å². The van der Waals surface area contributed by atoms with Crippen molar-refractivity contribution in [3.8, 4) is 5.75 Å². The number of ether oxygens (including phenoxy) is 1. The number of rotatable bonds is 7. The van der Waals surface area contributed by atoms with Crippen LogP contribution in [0.4, 0.5) is 10.5 Å². The second-order valence-corrected chi connectivity index (χ2v) is 6.98. The highest BCUT2D eigenvalue weighted by atomic mass is 32.2. The average molecular weight is 372 g/mol. The van der Waals surface area contributed by atoms with E-state index in [-0.39, 0.29) is 5.24 Å². The highest BCUT2D eigenvalue weighted by Crippen LogP contribution is 2.29. The lowest BCUT2D eigenvalue weighted by Crippen LogP contribution is -2.28. The first-order valence-electron chi connectivity index (χ1n) is 9.24. The Morgan fingerprint density at radius 2 is 1.88 bits per heavy atom. The van der Waals surface area contributed by atoms with Crippen molar-refractivity contribution >= 4 is 22.7 Å². The van der Waals surface area contributed by atoms with E-state index in [1.807, 2.05) is 36.3 Å².